The molecule has 0 aliphatic heterocycles. The van der Waals surface area contributed by atoms with Crippen LogP contribution < -0.4 is 4.90 Å². The first-order valence-corrected chi connectivity index (χ1v) is 10.7. The molecule has 0 saturated heterocycles. The first-order chi connectivity index (χ1) is 10.6. The van der Waals surface area contributed by atoms with E-state index in [-0.39, 0.29) is 9.79 Å². The van der Waals surface area contributed by atoms with E-state index >= 15 is 0 Å². The van der Waals surface area contributed by atoms with Crippen molar-refractivity contribution in [2.75, 3.05) is 24.0 Å². The average molecular weight is 357 g/mol. The highest BCUT2D eigenvalue weighted by Gasteiger charge is 2.21. The fourth-order valence-electron chi connectivity index (χ4n) is 2.25. The molecule has 6 nitrogen and oxygen atoms in total. The summed E-state index contributed by atoms with van der Waals surface area (Å²) in [5.41, 5.74) is 1.38. The molecular weight excluding hydrogens is 338 g/mol. The zero-order chi connectivity index (χ0) is 17.3. The summed E-state index contributed by atoms with van der Waals surface area (Å²) in [6.07, 6.45) is 5.27. The summed E-state index contributed by atoms with van der Waals surface area (Å²) in [6, 6.07) is 5.99. The molecule has 1 heterocycles. The average Bonchev–Trinajstić information content (AvgIpc) is 2.95. The van der Waals surface area contributed by atoms with Gasteiger partial charge in [0.15, 0.2) is 19.7 Å². The monoisotopic (exact) mass is 357 g/mol. The fraction of sp³-hybridized carbons (Fsp3) is 0.333. The van der Waals surface area contributed by atoms with Crippen molar-refractivity contribution in [1.82, 2.24) is 0 Å². The van der Waals surface area contributed by atoms with E-state index < -0.39 is 19.7 Å². The Bertz CT molecular complexity index is 884. The number of hydrogen-bond donors (Lipinski definition) is 0. The smallest absolute Gasteiger partial charge is 0.177 e. The van der Waals surface area contributed by atoms with Gasteiger partial charge in [0.2, 0.25) is 0 Å². The van der Waals surface area contributed by atoms with Crippen LogP contribution in [0.1, 0.15) is 12.5 Å². The van der Waals surface area contributed by atoms with Crippen molar-refractivity contribution >= 4 is 25.4 Å². The third-order valence-corrected chi connectivity index (χ3v) is 5.67. The highest BCUT2D eigenvalue weighted by Crippen LogP contribution is 2.29. The number of hydrogen-bond acceptors (Lipinski definition) is 6. The molecular formula is C15H19NO5S2. The summed E-state index contributed by atoms with van der Waals surface area (Å²) < 4.78 is 52.7. The fourth-order valence-corrected chi connectivity index (χ4v) is 3.89. The van der Waals surface area contributed by atoms with Crippen molar-refractivity contribution in [3.8, 4) is 0 Å². The van der Waals surface area contributed by atoms with Crippen LogP contribution in [0.25, 0.3) is 0 Å². The van der Waals surface area contributed by atoms with Crippen LogP contribution >= 0.6 is 0 Å². The molecule has 1 aromatic carbocycles. The van der Waals surface area contributed by atoms with Crippen molar-refractivity contribution in [3.05, 3.63) is 42.4 Å². The van der Waals surface area contributed by atoms with E-state index in [4.69, 9.17) is 4.42 Å². The molecule has 23 heavy (non-hydrogen) atoms. The van der Waals surface area contributed by atoms with E-state index in [0.717, 1.165) is 18.1 Å². The second-order valence-electron chi connectivity index (χ2n) is 5.32. The van der Waals surface area contributed by atoms with E-state index in [1.807, 2.05) is 11.8 Å². The van der Waals surface area contributed by atoms with Gasteiger partial charge >= 0.3 is 0 Å². The Morgan fingerprint density at radius 3 is 2.22 bits per heavy atom. The molecule has 0 spiro atoms. The van der Waals surface area contributed by atoms with Gasteiger partial charge in [-0.1, -0.05) is 0 Å². The topological polar surface area (TPSA) is 84.7 Å². The number of nitrogens with zero attached hydrogens (tertiary/aromatic N) is 1. The van der Waals surface area contributed by atoms with Crippen molar-refractivity contribution in [1.29, 1.82) is 0 Å². The summed E-state index contributed by atoms with van der Waals surface area (Å²) in [7, 11) is -7.06. The van der Waals surface area contributed by atoms with E-state index in [0.29, 0.717) is 18.8 Å². The predicted octanol–water partition coefficient (Wildman–Crippen LogP) is 2.11. The van der Waals surface area contributed by atoms with Crippen LogP contribution in [0.3, 0.4) is 0 Å². The van der Waals surface area contributed by atoms with E-state index in [2.05, 4.69) is 0 Å². The van der Waals surface area contributed by atoms with Gasteiger partial charge in [-0.25, -0.2) is 16.8 Å². The number of furan rings is 1. The largest absolute Gasteiger partial charge is 0.472 e. The Morgan fingerprint density at radius 2 is 1.74 bits per heavy atom. The molecule has 0 aliphatic rings. The zero-order valence-corrected chi connectivity index (χ0v) is 14.8. The second-order valence-corrected chi connectivity index (χ2v) is 9.32. The van der Waals surface area contributed by atoms with Gasteiger partial charge in [-0.15, -0.1) is 0 Å². The Kier molecular flexibility index (Phi) is 4.86. The van der Waals surface area contributed by atoms with E-state index in [1.54, 1.807) is 18.6 Å². The zero-order valence-electron chi connectivity index (χ0n) is 13.2. The van der Waals surface area contributed by atoms with Gasteiger partial charge in [-0.05, 0) is 31.2 Å². The first-order valence-electron chi connectivity index (χ1n) is 6.93. The van der Waals surface area contributed by atoms with Crippen molar-refractivity contribution in [2.24, 2.45) is 0 Å². The summed E-state index contributed by atoms with van der Waals surface area (Å²) in [5, 5.41) is 0. The Hall–Kier alpha value is -1.80. The molecule has 0 unspecified atom stereocenters. The first kappa shape index (κ1) is 17.6. The van der Waals surface area contributed by atoms with Crippen LogP contribution in [0, 0.1) is 0 Å². The lowest BCUT2D eigenvalue weighted by Crippen LogP contribution is -2.24. The van der Waals surface area contributed by atoms with Gasteiger partial charge < -0.3 is 9.32 Å². The molecule has 0 fully saturated rings. The van der Waals surface area contributed by atoms with Crippen LogP contribution in [0.5, 0.6) is 0 Å². The quantitative estimate of drug-likeness (QED) is 0.787. The summed E-state index contributed by atoms with van der Waals surface area (Å²) in [4.78, 5) is 1.85. The third-order valence-electron chi connectivity index (χ3n) is 3.43. The maximum atomic E-state index is 12.1. The molecule has 0 N–H and O–H groups in total. The van der Waals surface area contributed by atoms with Crippen molar-refractivity contribution in [3.63, 3.8) is 0 Å². The number of benzene rings is 1. The number of rotatable bonds is 6. The maximum Gasteiger partial charge on any atom is 0.177 e. The minimum Gasteiger partial charge on any atom is -0.472 e. The Morgan fingerprint density at radius 1 is 1.04 bits per heavy atom. The lowest BCUT2D eigenvalue weighted by atomic mass is 10.2. The summed E-state index contributed by atoms with van der Waals surface area (Å²) in [5.74, 6) is 0. The number of sulfone groups is 2. The molecule has 0 bridgehead atoms. The van der Waals surface area contributed by atoms with Crippen molar-refractivity contribution < 1.29 is 21.3 Å². The molecule has 0 saturated carbocycles. The minimum atomic E-state index is -3.58. The molecule has 2 rings (SSSR count). The van der Waals surface area contributed by atoms with Gasteiger partial charge in [0.05, 0.1) is 28.0 Å². The van der Waals surface area contributed by atoms with Gasteiger partial charge in [0.1, 0.15) is 0 Å². The van der Waals surface area contributed by atoms with Gasteiger partial charge in [-0.2, -0.15) is 0 Å². The normalized spacial score (nSPS) is 12.3. The van der Waals surface area contributed by atoms with Crippen LogP contribution in [-0.2, 0) is 26.2 Å². The van der Waals surface area contributed by atoms with Crippen LogP contribution in [-0.4, -0.2) is 35.9 Å². The standard InChI is InChI=1S/C15H19NO5S2/c1-4-16(10-12-7-8-21-11-12)14-6-5-13(22(2,17)18)9-15(14)23(3,19)20/h5-9,11H,4,10H2,1-3H3. The Balaban J connectivity index is 2.56. The van der Waals surface area contributed by atoms with Crippen LogP contribution in [0.15, 0.2) is 51.0 Å². The van der Waals surface area contributed by atoms with Crippen LogP contribution in [0.2, 0.25) is 0 Å². The van der Waals surface area contributed by atoms with Gasteiger partial charge in [0.25, 0.3) is 0 Å². The highest BCUT2D eigenvalue weighted by molar-refractivity contribution is 7.91. The molecule has 1 aromatic heterocycles. The van der Waals surface area contributed by atoms with Crippen molar-refractivity contribution in [2.45, 2.75) is 23.3 Å². The third kappa shape index (κ3) is 4.14. The molecule has 126 valence electrons. The lowest BCUT2D eigenvalue weighted by molar-refractivity contribution is 0.563. The van der Waals surface area contributed by atoms with Crippen LogP contribution in [0.4, 0.5) is 5.69 Å². The predicted molar refractivity (Wildman–Crippen MR) is 88.1 cm³/mol. The molecule has 0 amide bonds. The highest BCUT2D eigenvalue weighted by atomic mass is 32.2. The Labute approximate surface area is 136 Å². The minimum absolute atomic E-state index is 0.00534. The second kappa shape index (κ2) is 6.37. The van der Waals surface area contributed by atoms with E-state index in [1.165, 1.54) is 18.2 Å². The van der Waals surface area contributed by atoms with E-state index in [9.17, 15) is 16.8 Å². The molecule has 0 aliphatic carbocycles. The lowest BCUT2D eigenvalue weighted by Gasteiger charge is -2.25. The summed E-state index contributed by atoms with van der Waals surface area (Å²) in [6.45, 7) is 2.93. The molecule has 8 heteroatoms. The maximum absolute atomic E-state index is 12.1. The van der Waals surface area contributed by atoms with Gasteiger partial charge in [-0.3, -0.25) is 0 Å². The number of anilines is 1. The molecule has 2 aromatic rings. The molecule has 0 radical (unpaired) electrons. The SMILES string of the molecule is CCN(Cc1ccoc1)c1ccc(S(C)(=O)=O)cc1S(C)(=O)=O. The molecule has 0 atom stereocenters. The summed E-state index contributed by atoms with van der Waals surface area (Å²) >= 11 is 0. The van der Waals surface area contributed by atoms with Gasteiger partial charge in [0, 0.05) is 31.2 Å².